The summed E-state index contributed by atoms with van der Waals surface area (Å²) in [6.45, 7) is 0. The third kappa shape index (κ3) is 2.83. The van der Waals surface area contributed by atoms with Crippen LogP contribution in [0.1, 0.15) is 0 Å². The van der Waals surface area contributed by atoms with Gasteiger partial charge in [-0.15, -0.1) is 10.2 Å². The summed E-state index contributed by atoms with van der Waals surface area (Å²) in [6.07, 6.45) is 2.85. The lowest BCUT2D eigenvalue weighted by atomic mass is 10.2. The van der Waals surface area contributed by atoms with Crippen LogP contribution in [-0.4, -0.2) is 14.8 Å². The van der Waals surface area contributed by atoms with Crippen LogP contribution in [0.2, 0.25) is 0 Å². The molecule has 1 aromatic carbocycles. The number of nitriles is 3. The SMILES string of the molecule is N#CC(C#N)=C(C#N)Nc1cc(-n2cnnc2)ccc1F. The third-order valence-electron chi connectivity index (χ3n) is 2.51. The van der Waals surface area contributed by atoms with Gasteiger partial charge in [0.2, 0.25) is 0 Å². The first-order chi connectivity index (χ1) is 10.2. The van der Waals surface area contributed by atoms with E-state index in [4.69, 9.17) is 15.8 Å². The molecular formula is C13H6FN7. The van der Waals surface area contributed by atoms with E-state index in [1.165, 1.54) is 35.4 Å². The summed E-state index contributed by atoms with van der Waals surface area (Å²) < 4.78 is 15.3. The lowest BCUT2D eigenvalue weighted by molar-refractivity contribution is 0.631. The lowest BCUT2D eigenvalue weighted by Crippen LogP contribution is -2.03. The molecule has 2 rings (SSSR count). The smallest absolute Gasteiger partial charge is 0.163 e. The number of hydrogen-bond donors (Lipinski definition) is 1. The monoisotopic (exact) mass is 279 g/mol. The van der Waals surface area contributed by atoms with Crippen LogP contribution >= 0.6 is 0 Å². The molecule has 1 N–H and O–H groups in total. The van der Waals surface area contributed by atoms with Crippen LogP contribution in [0.5, 0.6) is 0 Å². The average molecular weight is 279 g/mol. The van der Waals surface area contributed by atoms with E-state index >= 15 is 0 Å². The van der Waals surface area contributed by atoms with Gasteiger partial charge in [0.1, 0.15) is 42.4 Å². The number of hydrogen-bond acceptors (Lipinski definition) is 6. The predicted octanol–water partition coefficient (Wildman–Crippen LogP) is 1.64. The van der Waals surface area contributed by atoms with Gasteiger partial charge in [-0.3, -0.25) is 4.57 Å². The maximum Gasteiger partial charge on any atom is 0.163 e. The minimum absolute atomic E-state index is 0.0410. The van der Waals surface area contributed by atoms with Gasteiger partial charge in [0.05, 0.1) is 11.4 Å². The van der Waals surface area contributed by atoms with E-state index in [0.29, 0.717) is 5.69 Å². The molecule has 1 aromatic heterocycles. The molecule has 0 aliphatic carbocycles. The highest BCUT2D eigenvalue weighted by atomic mass is 19.1. The van der Waals surface area contributed by atoms with Crippen molar-refractivity contribution in [1.29, 1.82) is 15.8 Å². The van der Waals surface area contributed by atoms with Gasteiger partial charge in [-0.2, -0.15) is 15.8 Å². The second-order valence-corrected chi connectivity index (χ2v) is 3.74. The van der Waals surface area contributed by atoms with Crippen molar-refractivity contribution in [2.45, 2.75) is 0 Å². The van der Waals surface area contributed by atoms with Gasteiger partial charge in [-0.25, -0.2) is 4.39 Å². The molecule has 0 fully saturated rings. The van der Waals surface area contributed by atoms with Crippen LogP contribution in [0.4, 0.5) is 10.1 Å². The molecule has 0 bridgehead atoms. The number of nitrogens with one attached hydrogen (secondary N) is 1. The Morgan fingerprint density at radius 2 is 1.76 bits per heavy atom. The Morgan fingerprint density at radius 1 is 1.10 bits per heavy atom. The van der Waals surface area contributed by atoms with Crippen LogP contribution < -0.4 is 5.32 Å². The van der Waals surface area contributed by atoms with Crippen molar-refractivity contribution in [3.05, 3.63) is 47.9 Å². The fourth-order valence-electron chi connectivity index (χ4n) is 1.52. The molecule has 0 saturated carbocycles. The summed E-state index contributed by atoms with van der Waals surface area (Å²) in [5.74, 6) is -0.630. The standard InChI is InChI=1S/C13H6FN7/c14-11-2-1-10(21-7-18-19-8-21)3-12(11)20-13(6-17)9(4-15)5-16/h1-3,7-8,20H. The summed E-state index contributed by atoms with van der Waals surface area (Å²) in [6, 6.07) is 8.89. The molecule has 0 unspecified atom stereocenters. The number of halogens is 1. The van der Waals surface area contributed by atoms with Crippen LogP contribution in [-0.2, 0) is 0 Å². The molecule has 21 heavy (non-hydrogen) atoms. The zero-order valence-electron chi connectivity index (χ0n) is 10.4. The first-order valence-corrected chi connectivity index (χ1v) is 5.55. The number of nitrogens with zero attached hydrogens (tertiary/aromatic N) is 6. The second-order valence-electron chi connectivity index (χ2n) is 3.74. The minimum atomic E-state index is -0.630. The number of anilines is 1. The van der Waals surface area contributed by atoms with Gasteiger partial charge in [0, 0.05) is 0 Å². The highest BCUT2D eigenvalue weighted by Crippen LogP contribution is 2.21. The molecule has 0 aliphatic heterocycles. The van der Waals surface area contributed by atoms with Gasteiger partial charge < -0.3 is 5.32 Å². The third-order valence-corrected chi connectivity index (χ3v) is 2.51. The Labute approximate surface area is 118 Å². The first-order valence-electron chi connectivity index (χ1n) is 5.55. The van der Waals surface area contributed by atoms with Crippen molar-refractivity contribution in [3.63, 3.8) is 0 Å². The van der Waals surface area contributed by atoms with E-state index in [2.05, 4.69) is 15.5 Å². The van der Waals surface area contributed by atoms with E-state index in [9.17, 15) is 4.39 Å². The molecule has 1 heterocycles. The Kier molecular flexibility index (Phi) is 3.90. The highest BCUT2D eigenvalue weighted by molar-refractivity contribution is 5.61. The summed E-state index contributed by atoms with van der Waals surface area (Å²) in [5.41, 5.74) is -0.233. The summed E-state index contributed by atoms with van der Waals surface area (Å²) in [4.78, 5) is 0. The molecule has 0 amide bonds. The molecule has 2 aromatic rings. The zero-order valence-corrected chi connectivity index (χ0v) is 10.4. The second kappa shape index (κ2) is 5.96. The van der Waals surface area contributed by atoms with Crippen LogP contribution in [0, 0.1) is 39.8 Å². The molecule has 0 saturated heterocycles. The number of allylic oxidation sites excluding steroid dienone is 2. The summed E-state index contributed by atoms with van der Waals surface area (Å²) in [5, 5.41) is 36.1. The minimum Gasteiger partial charge on any atom is -0.343 e. The van der Waals surface area contributed by atoms with Crippen molar-refractivity contribution in [1.82, 2.24) is 14.8 Å². The van der Waals surface area contributed by atoms with Crippen molar-refractivity contribution in [2.75, 3.05) is 5.32 Å². The predicted molar refractivity (Wildman–Crippen MR) is 68.8 cm³/mol. The maximum absolute atomic E-state index is 13.8. The molecule has 0 radical (unpaired) electrons. The zero-order chi connectivity index (χ0) is 15.2. The van der Waals surface area contributed by atoms with E-state index in [1.54, 1.807) is 18.2 Å². The van der Waals surface area contributed by atoms with E-state index < -0.39 is 11.4 Å². The van der Waals surface area contributed by atoms with Crippen LogP contribution in [0.25, 0.3) is 5.69 Å². The molecule has 8 heteroatoms. The van der Waals surface area contributed by atoms with Crippen molar-refractivity contribution in [3.8, 4) is 23.9 Å². The first kappa shape index (κ1) is 13.7. The summed E-state index contributed by atoms with van der Waals surface area (Å²) >= 11 is 0. The van der Waals surface area contributed by atoms with Gasteiger partial charge >= 0.3 is 0 Å². The average Bonchev–Trinajstić information content (AvgIpc) is 3.03. The molecule has 100 valence electrons. The fraction of sp³-hybridized carbons (Fsp3) is 0. The number of benzene rings is 1. The molecule has 0 spiro atoms. The Hall–Kier alpha value is -3.70. The number of aromatic nitrogens is 3. The van der Waals surface area contributed by atoms with E-state index in [-0.39, 0.29) is 11.4 Å². The maximum atomic E-state index is 13.8. The molecule has 0 atom stereocenters. The van der Waals surface area contributed by atoms with Gasteiger partial charge in [-0.1, -0.05) is 0 Å². The number of rotatable bonds is 3. The lowest BCUT2D eigenvalue weighted by Gasteiger charge is -2.08. The molecular weight excluding hydrogens is 273 g/mol. The van der Waals surface area contributed by atoms with Gasteiger partial charge in [0.15, 0.2) is 5.57 Å². The Bertz CT molecular complexity index is 800. The largest absolute Gasteiger partial charge is 0.343 e. The van der Waals surface area contributed by atoms with E-state index in [1.807, 2.05) is 0 Å². The normalized spacial score (nSPS) is 9.05. The molecule has 0 aliphatic rings. The highest BCUT2D eigenvalue weighted by Gasteiger charge is 2.10. The quantitative estimate of drug-likeness (QED) is 0.854. The fourth-order valence-corrected chi connectivity index (χ4v) is 1.52. The Morgan fingerprint density at radius 3 is 2.33 bits per heavy atom. The van der Waals surface area contributed by atoms with Crippen LogP contribution in [0.3, 0.4) is 0 Å². The van der Waals surface area contributed by atoms with Crippen molar-refractivity contribution >= 4 is 5.69 Å². The van der Waals surface area contributed by atoms with Crippen molar-refractivity contribution in [2.24, 2.45) is 0 Å². The summed E-state index contributed by atoms with van der Waals surface area (Å²) in [7, 11) is 0. The van der Waals surface area contributed by atoms with Gasteiger partial charge in [-0.05, 0) is 18.2 Å². The van der Waals surface area contributed by atoms with E-state index in [0.717, 1.165) is 0 Å². The topological polar surface area (TPSA) is 114 Å². The van der Waals surface area contributed by atoms with Gasteiger partial charge in [0.25, 0.3) is 0 Å². The molecule has 7 nitrogen and oxygen atoms in total. The Balaban J connectivity index is 2.44. The van der Waals surface area contributed by atoms with Crippen LogP contribution in [0.15, 0.2) is 42.1 Å². The van der Waals surface area contributed by atoms with Crippen molar-refractivity contribution < 1.29 is 4.39 Å².